The standard InChI is InChI=1S/C12H14N6O2/c19-10(16-12-17-15-8-20-12)9-3-1-6-18(7-9)11-13-4-2-5-14-11/h2,4-5,8-9H,1,3,6-7H2,(H,16,17,19). The molecule has 0 radical (unpaired) electrons. The summed E-state index contributed by atoms with van der Waals surface area (Å²) < 4.78 is 4.91. The van der Waals surface area contributed by atoms with Gasteiger partial charge in [0.2, 0.25) is 18.2 Å². The molecule has 2 aromatic heterocycles. The third-order valence-corrected chi connectivity index (χ3v) is 3.22. The van der Waals surface area contributed by atoms with Crippen molar-refractivity contribution in [1.82, 2.24) is 20.2 Å². The second-order valence-electron chi connectivity index (χ2n) is 4.57. The molecule has 0 aromatic carbocycles. The highest BCUT2D eigenvalue weighted by molar-refractivity contribution is 5.91. The fraction of sp³-hybridized carbons (Fsp3) is 0.417. The maximum atomic E-state index is 12.1. The van der Waals surface area contributed by atoms with Crippen LogP contribution < -0.4 is 10.2 Å². The zero-order valence-corrected chi connectivity index (χ0v) is 10.8. The molecule has 8 heteroatoms. The van der Waals surface area contributed by atoms with Crippen LogP contribution in [-0.4, -0.2) is 39.2 Å². The highest BCUT2D eigenvalue weighted by Gasteiger charge is 2.27. The molecule has 1 atom stereocenters. The molecular weight excluding hydrogens is 260 g/mol. The van der Waals surface area contributed by atoms with Gasteiger partial charge in [-0.05, 0) is 18.9 Å². The van der Waals surface area contributed by atoms with Gasteiger partial charge in [0, 0.05) is 25.5 Å². The molecule has 0 spiro atoms. The topological polar surface area (TPSA) is 97.0 Å². The van der Waals surface area contributed by atoms with E-state index in [4.69, 9.17) is 4.42 Å². The minimum absolute atomic E-state index is 0.116. The summed E-state index contributed by atoms with van der Waals surface area (Å²) >= 11 is 0. The Labute approximate surface area is 115 Å². The SMILES string of the molecule is O=C(Nc1nnco1)C1CCCN(c2ncccn2)C1. The number of piperidine rings is 1. The lowest BCUT2D eigenvalue weighted by atomic mass is 9.97. The smallest absolute Gasteiger partial charge is 0.322 e. The van der Waals surface area contributed by atoms with Gasteiger partial charge in [0.25, 0.3) is 0 Å². The van der Waals surface area contributed by atoms with Crippen molar-refractivity contribution in [2.24, 2.45) is 5.92 Å². The van der Waals surface area contributed by atoms with Gasteiger partial charge in [-0.25, -0.2) is 9.97 Å². The quantitative estimate of drug-likeness (QED) is 0.880. The van der Waals surface area contributed by atoms with Crippen LogP contribution in [0, 0.1) is 5.92 Å². The van der Waals surface area contributed by atoms with Crippen molar-refractivity contribution in [1.29, 1.82) is 0 Å². The molecule has 3 heterocycles. The normalized spacial score (nSPS) is 18.8. The van der Waals surface area contributed by atoms with Crippen LogP contribution in [0.25, 0.3) is 0 Å². The Balaban J connectivity index is 1.64. The van der Waals surface area contributed by atoms with E-state index >= 15 is 0 Å². The van der Waals surface area contributed by atoms with Gasteiger partial charge in [0.15, 0.2) is 0 Å². The molecule has 1 aliphatic rings. The molecule has 0 saturated carbocycles. The van der Waals surface area contributed by atoms with E-state index in [0.717, 1.165) is 19.4 Å². The minimum Gasteiger partial charge on any atom is -0.411 e. The van der Waals surface area contributed by atoms with Crippen LogP contribution in [0.5, 0.6) is 0 Å². The van der Waals surface area contributed by atoms with E-state index in [1.807, 2.05) is 4.90 Å². The number of rotatable bonds is 3. The molecule has 1 unspecified atom stereocenters. The summed E-state index contributed by atoms with van der Waals surface area (Å²) in [5.41, 5.74) is 0. The summed E-state index contributed by atoms with van der Waals surface area (Å²) in [5.74, 6) is 0.400. The van der Waals surface area contributed by atoms with E-state index in [1.165, 1.54) is 6.39 Å². The molecule has 3 rings (SSSR count). The fourth-order valence-corrected chi connectivity index (χ4v) is 2.26. The maximum absolute atomic E-state index is 12.1. The fourth-order valence-electron chi connectivity index (χ4n) is 2.26. The number of hydrogen-bond donors (Lipinski definition) is 1. The first kappa shape index (κ1) is 12.5. The summed E-state index contributed by atoms with van der Waals surface area (Å²) in [6, 6.07) is 1.90. The van der Waals surface area contributed by atoms with Crippen LogP contribution in [0.3, 0.4) is 0 Å². The number of hydrogen-bond acceptors (Lipinski definition) is 7. The third kappa shape index (κ3) is 2.73. The molecule has 20 heavy (non-hydrogen) atoms. The molecule has 1 saturated heterocycles. The van der Waals surface area contributed by atoms with E-state index in [-0.39, 0.29) is 17.8 Å². The minimum atomic E-state index is -0.139. The van der Waals surface area contributed by atoms with Gasteiger partial charge in [-0.1, -0.05) is 5.10 Å². The van der Waals surface area contributed by atoms with E-state index in [0.29, 0.717) is 12.5 Å². The highest BCUT2D eigenvalue weighted by atomic mass is 16.4. The first-order chi connectivity index (χ1) is 9.83. The van der Waals surface area contributed by atoms with Crippen LogP contribution in [-0.2, 0) is 4.79 Å². The first-order valence-corrected chi connectivity index (χ1v) is 6.42. The Kier molecular flexibility index (Phi) is 3.53. The van der Waals surface area contributed by atoms with Crippen LogP contribution in [0.1, 0.15) is 12.8 Å². The van der Waals surface area contributed by atoms with Crippen LogP contribution in [0.2, 0.25) is 0 Å². The van der Waals surface area contributed by atoms with Crippen molar-refractivity contribution >= 4 is 17.9 Å². The lowest BCUT2D eigenvalue weighted by Crippen LogP contribution is -2.41. The molecule has 0 bridgehead atoms. The van der Waals surface area contributed by atoms with Crippen molar-refractivity contribution in [3.05, 3.63) is 24.9 Å². The second kappa shape index (κ2) is 5.64. The van der Waals surface area contributed by atoms with Gasteiger partial charge in [0.1, 0.15) is 0 Å². The monoisotopic (exact) mass is 274 g/mol. The Morgan fingerprint density at radius 1 is 1.40 bits per heavy atom. The number of aromatic nitrogens is 4. The zero-order chi connectivity index (χ0) is 13.8. The number of carbonyl (C=O) groups excluding carboxylic acids is 1. The van der Waals surface area contributed by atoms with E-state index in [9.17, 15) is 4.79 Å². The van der Waals surface area contributed by atoms with E-state index in [2.05, 4.69) is 25.5 Å². The van der Waals surface area contributed by atoms with Gasteiger partial charge in [-0.15, -0.1) is 5.10 Å². The molecule has 1 N–H and O–H groups in total. The van der Waals surface area contributed by atoms with Crippen molar-refractivity contribution in [2.75, 3.05) is 23.3 Å². The Bertz CT molecular complexity index is 559. The summed E-state index contributed by atoms with van der Waals surface area (Å²) in [4.78, 5) is 22.6. The number of nitrogens with zero attached hydrogens (tertiary/aromatic N) is 5. The molecule has 1 amide bonds. The third-order valence-electron chi connectivity index (χ3n) is 3.22. The average molecular weight is 274 g/mol. The van der Waals surface area contributed by atoms with E-state index in [1.54, 1.807) is 18.5 Å². The molecule has 2 aromatic rings. The Morgan fingerprint density at radius 2 is 2.25 bits per heavy atom. The summed E-state index contributed by atoms with van der Waals surface area (Å²) in [6.07, 6.45) is 6.32. The van der Waals surface area contributed by atoms with Crippen LogP contribution in [0.15, 0.2) is 29.3 Å². The lowest BCUT2D eigenvalue weighted by molar-refractivity contribution is -0.120. The molecular formula is C12H14N6O2. The zero-order valence-electron chi connectivity index (χ0n) is 10.8. The average Bonchev–Trinajstić information content (AvgIpc) is 3.01. The van der Waals surface area contributed by atoms with Gasteiger partial charge in [0.05, 0.1) is 5.92 Å². The van der Waals surface area contributed by atoms with Crippen LogP contribution >= 0.6 is 0 Å². The first-order valence-electron chi connectivity index (χ1n) is 6.42. The maximum Gasteiger partial charge on any atom is 0.322 e. The summed E-state index contributed by atoms with van der Waals surface area (Å²) in [5, 5.41) is 9.78. The summed E-state index contributed by atoms with van der Waals surface area (Å²) in [6.45, 7) is 1.44. The number of amides is 1. The molecule has 0 aliphatic carbocycles. The number of nitrogens with one attached hydrogen (secondary N) is 1. The molecule has 1 fully saturated rings. The van der Waals surface area contributed by atoms with Gasteiger partial charge >= 0.3 is 6.01 Å². The predicted molar refractivity (Wildman–Crippen MR) is 69.9 cm³/mol. The second-order valence-corrected chi connectivity index (χ2v) is 4.57. The summed E-state index contributed by atoms with van der Waals surface area (Å²) in [7, 11) is 0. The van der Waals surface area contributed by atoms with Crippen LogP contribution in [0.4, 0.5) is 12.0 Å². The molecule has 104 valence electrons. The van der Waals surface area contributed by atoms with Gasteiger partial charge in [-0.3, -0.25) is 10.1 Å². The molecule has 8 nitrogen and oxygen atoms in total. The molecule has 1 aliphatic heterocycles. The van der Waals surface area contributed by atoms with E-state index < -0.39 is 0 Å². The van der Waals surface area contributed by atoms with Crippen molar-refractivity contribution in [3.63, 3.8) is 0 Å². The van der Waals surface area contributed by atoms with Crippen molar-refractivity contribution < 1.29 is 9.21 Å². The van der Waals surface area contributed by atoms with Gasteiger partial charge in [-0.2, -0.15) is 0 Å². The number of anilines is 2. The predicted octanol–water partition coefficient (Wildman–Crippen LogP) is 0.715. The van der Waals surface area contributed by atoms with Gasteiger partial charge < -0.3 is 9.32 Å². The van der Waals surface area contributed by atoms with Crippen molar-refractivity contribution in [2.45, 2.75) is 12.8 Å². The Morgan fingerprint density at radius 3 is 3.00 bits per heavy atom. The van der Waals surface area contributed by atoms with Crippen molar-refractivity contribution in [3.8, 4) is 0 Å². The Hall–Kier alpha value is -2.51. The number of carbonyl (C=O) groups is 1. The highest BCUT2D eigenvalue weighted by Crippen LogP contribution is 2.21. The largest absolute Gasteiger partial charge is 0.411 e. The lowest BCUT2D eigenvalue weighted by Gasteiger charge is -2.31.